The van der Waals surface area contributed by atoms with Crippen molar-refractivity contribution in [1.82, 2.24) is 34.6 Å². The molecule has 4 N–H and O–H groups in total. The number of imidazole rings is 1. The lowest BCUT2D eigenvalue weighted by molar-refractivity contribution is 0.283. The molecule has 1 aliphatic heterocycles. The Morgan fingerprint density at radius 2 is 2.03 bits per heavy atom. The lowest BCUT2D eigenvalue weighted by Crippen LogP contribution is -2.37. The van der Waals surface area contributed by atoms with Crippen LogP contribution in [0.5, 0.6) is 12.0 Å². The van der Waals surface area contributed by atoms with Crippen LogP contribution in [0.25, 0.3) is 22.3 Å². The van der Waals surface area contributed by atoms with Crippen molar-refractivity contribution >= 4 is 17.0 Å². The van der Waals surface area contributed by atoms with Gasteiger partial charge in [-0.15, -0.1) is 0 Å². The zero-order chi connectivity index (χ0) is 24.5. The molecule has 0 spiro atoms. The number of anilines is 1. The zero-order valence-corrected chi connectivity index (χ0v) is 20.4. The van der Waals surface area contributed by atoms with Crippen molar-refractivity contribution in [3.05, 3.63) is 41.7 Å². The number of aryl methyl sites for hydroxylation is 1. The van der Waals surface area contributed by atoms with Crippen LogP contribution in [0.2, 0.25) is 0 Å². The smallest absolute Gasteiger partial charge is 0.320 e. The van der Waals surface area contributed by atoms with Gasteiger partial charge in [-0.1, -0.05) is 24.6 Å². The third kappa shape index (κ3) is 4.60. The van der Waals surface area contributed by atoms with E-state index in [9.17, 15) is 5.11 Å². The third-order valence-electron chi connectivity index (χ3n) is 7.24. The predicted octanol–water partition coefficient (Wildman–Crippen LogP) is 3.27. The molecular formula is C26H32N8O2. The molecule has 3 aromatic heterocycles. The molecule has 10 nitrogen and oxygen atoms in total. The second-order valence-electron chi connectivity index (χ2n) is 9.79. The lowest BCUT2D eigenvalue weighted by Gasteiger charge is -2.26. The van der Waals surface area contributed by atoms with Crippen LogP contribution in [-0.2, 0) is 19.5 Å². The number of ether oxygens (including phenoxy) is 1. The summed E-state index contributed by atoms with van der Waals surface area (Å²) < 4.78 is 9.44. The number of rotatable bonds is 5. The summed E-state index contributed by atoms with van der Waals surface area (Å²) >= 11 is 0. The maximum Gasteiger partial charge on any atom is 0.320 e. The molecule has 10 heteroatoms. The van der Waals surface area contributed by atoms with Gasteiger partial charge in [-0.2, -0.15) is 20.1 Å². The van der Waals surface area contributed by atoms with E-state index in [0.29, 0.717) is 30.4 Å². The fraction of sp³-hybridized carbons (Fsp3) is 0.462. The van der Waals surface area contributed by atoms with Crippen LogP contribution in [0.3, 0.4) is 0 Å². The molecule has 2 aliphatic rings. The molecular weight excluding hydrogens is 456 g/mol. The van der Waals surface area contributed by atoms with Crippen LogP contribution in [0, 0.1) is 0 Å². The van der Waals surface area contributed by atoms with Crippen LogP contribution >= 0.6 is 0 Å². The second kappa shape index (κ2) is 9.77. The first kappa shape index (κ1) is 22.8. The van der Waals surface area contributed by atoms with Crippen molar-refractivity contribution in [1.29, 1.82) is 0 Å². The van der Waals surface area contributed by atoms with Crippen LogP contribution in [0.4, 0.5) is 5.82 Å². The Bertz CT molecular complexity index is 1370. The van der Waals surface area contributed by atoms with Crippen molar-refractivity contribution in [3.63, 3.8) is 0 Å². The Morgan fingerprint density at radius 1 is 1.11 bits per heavy atom. The number of aromatic nitrogens is 6. The van der Waals surface area contributed by atoms with Gasteiger partial charge in [-0.25, -0.2) is 0 Å². The molecule has 0 unspecified atom stereocenters. The van der Waals surface area contributed by atoms with Gasteiger partial charge in [0.05, 0.1) is 25.9 Å². The van der Waals surface area contributed by atoms with Crippen LogP contribution in [-0.4, -0.2) is 53.6 Å². The molecule has 0 radical (unpaired) electrons. The largest absolute Gasteiger partial charge is 0.480 e. The third-order valence-corrected chi connectivity index (χ3v) is 7.24. The van der Waals surface area contributed by atoms with E-state index in [4.69, 9.17) is 10.5 Å². The Labute approximate surface area is 209 Å². The average molecular weight is 489 g/mol. The first-order valence-corrected chi connectivity index (χ1v) is 12.9. The molecule has 188 valence electrons. The first-order valence-electron chi connectivity index (χ1n) is 12.9. The lowest BCUT2D eigenvalue weighted by atomic mass is 9.93. The SMILES string of the molecule is Nc1nc2nc3c1nc(O)n3Cc1ccc(-c3cnn(CCNC4CCC4)c3)c(c1)CCCCCO2. The topological polar surface area (TPSA) is 129 Å². The highest BCUT2D eigenvalue weighted by Gasteiger charge is 2.19. The molecule has 0 amide bonds. The fourth-order valence-corrected chi connectivity index (χ4v) is 4.99. The Kier molecular flexibility index (Phi) is 6.18. The van der Waals surface area contributed by atoms with Gasteiger partial charge < -0.3 is 20.9 Å². The number of nitrogens with one attached hydrogen (secondary N) is 1. The standard InChI is InChI=1S/C26H32N8O2/c27-23-22-24-32-25(31-23)36-12-3-1-2-5-18-13-17(15-34(24)26(35)30-22)8-9-21(18)19-14-29-33(16-19)11-10-28-20-6-4-7-20/h8-9,13-14,16,20,28H,1-7,10-12,15H2,(H,30,35)(H2,27,31,32). The van der Waals surface area contributed by atoms with Gasteiger partial charge in [0, 0.05) is 24.3 Å². The van der Waals surface area contributed by atoms with Gasteiger partial charge in [0.2, 0.25) is 0 Å². The molecule has 36 heavy (non-hydrogen) atoms. The molecule has 1 fully saturated rings. The Morgan fingerprint density at radius 3 is 2.89 bits per heavy atom. The summed E-state index contributed by atoms with van der Waals surface area (Å²) in [5, 5.41) is 18.8. The van der Waals surface area contributed by atoms with Gasteiger partial charge in [0.15, 0.2) is 17.0 Å². The molecule has 4 heterocycles. The van der Waals surface area contributed by atoms with Gasteiger partial charge in [0.1, 0.15) is 0 Å². The molecule has 0 atom stereocenters. The summed E-state index contributed by atoms with van der Waals surface area (Å²) in [5.74, 6) is 0.201. The Hall–Kier alpha value is -3.66. The molecule has 6 rings (SSSR count). The fourth-order valence-electron chi connectivity index (χ4n) is 4.99. The van der Waals surface area contributed by atoms with Crippen molar-refractivity contribution in [2.24, 2.45) is 0 Å². The summed E-state index contributed by atoms with van der Waals surface area (Å²) in [7, 11) is 0. The van der Waals surface area contributed by atoms with E-state index in [2.05, 4.69) is 49.8 Å². The van der Waals surface area contributed by atoms with E-state index < -0.39 is 0 Å². The molecule has 1 aliphatic carbocycles. The number of hydrogen-bond donors (Lipinski definition) is 3. The predicted molar refractivity (Wildman–Crippen MR) is 137 cm³/mol. The summed E-state index contributed by atoms with van der Waals surface area (Å²) in [6.45, 7) is 2.74. The maximum absolute atomic E-state index is 10.6. The minimum absolute atomic E-state index is 0.141. The molecule has 4 bridgehead atoms. The number of aromatic hydroxyl groups is 1. The number of hydrogen-bond acceptors (Lipinski definition) is 8. The van der Waals surface area contributed by atoms with Crippen molar-refractivity contribution in [2.45, 2.75) is 64.1 Å². The van der Waals surface area contributed by atoms with E-state index in [1.165, 1.54) is 30.4 Å². The summed E-state index contributed by atoms with van der Waals surface area (Å²) in [4.78, 5) is 12.9. The van der Waals surface area contributed by atoms with Gasteiger partial charge >= 0.3 is 6.01 Å². The van der Waals surface area contributed by atoms with Crippen molar-refractivity contribution < 1.29 is 9.84 Å². The van der Waals surface area contributed by atoms with E-state index in [1.807, 2.05) is 10.9 Å². The summed E-state index contributed by atoms with van der Waals surface area (Å²) in [5.41, 5.74) is 11.6. The normalized spacial score (nSPS) is 16.6. The monoisotopic (exact) mass is 488 g/mol. The highest BCUT2D eigenvalue weighted by Crippen LogP contribution is 2.30. The van der Waals surface area contributed by atoms with E-state index in [-0.39, 0.29) is 17.8 Å². The number of nitrogens with two attached hydrogens (primary N) is 1. The second-order valence-corrected chi connectivity index (χ2v) is 9.79. The average Bonchev–Trinajstić information content (AvgIpc) is 3.43. The molecule has 4 aromatic rings. The summed E-state index contributed by atoms with van der Waals surface area (Å²) in [6, 6.07) is 7.24. The van der Waals surface area contributed by atoms with E-state index >= 15 is 0 Å². The Balaban J connectivity index is 1.29. The zero-order valence-electron chi connectivity index (χ0n) is 20.4. The molecule has 0 saturated heterocycles. The quantitative estimate of drug-likeness (QED) is 0.390. The number of benzene rings is 1. The number of fused-ring (bicyclic) bond motifs is 3. The summed E-state index contributed by atoms with van der Waals surface area (Å²) in [6.07, 6.45) is 12.0. The number of nitrogen functional groups attached to an aromatic ring is 1. The van der Waals surface area contributed by atoms with Crippen molar-refractivity contribution in [3.8, 4) is 23.1 Å². The van der Waals surface area contributed by atoms with Crippen molar-refractivity contribution in [2.75, 3.05) is 18.9 Å². The molecule has 1 aromatic carbocycles. The first-order chi connectivity index (χ1) is 17.6. The van der Waals surface area contributed by atoms with Crippen LogP contribution < -0.4 is 15.8 Å². The van der Waals surface area contributed by atoms with Crippen LogP contribution in [0.15, 0.2) is 30.6 Å². The highest BCUT2D eigenvalue weighted by atomic mass is 16.5. The minimum Gasteiger partial charge on any atom is -0.480 e. The highest BCUT2D eigenvalue weighted by molar-refractivity contribution is 5.83. The van der Waals surface area contributed by atoms with Gasteiger partial charge in [-0.05, 0) is 55.2 Å². The van der Waals surface area contributed by atoms with E-state index in [1.54, 1.807) is 4.57 Å². The van der Waals surface area contributed by atoms with E-state index in [0.717, 1.165) is 49.9 Å². The van der Waals surface area contributed by atoms with Gasteiger partial charge in [0.25, 0.3) is 6.01 Å². The molecule has 1 saturated carbocycles. The van der Waals surface area contributed by atoms with Gasteiger partial charge in [-0.3, -0.25) is 9.25 Å². The minimum atomic E-state index is -0.141. The van der Waals surface area contributed by atoms with Crippen LogP contribution in [0.1, 0.15) is 49.7 Å². The maximum atomic E-state index is 10.6. The number of nitrogens with zero attached hydrogens (tertiary/aromatic N) is 6.